The Kier molecular flexibility index (Phi) is 7.13. The molecule has 0 fully saturated rings. The lowest BCUT2D eigenvalue weighted by Gasteiger charge is -2.25. The van der Waals surface area contributed by atoms with Crippen LogP contribution >= 0.6 is 0 Å². The lowest BCUT2D eigenvalue weighted by molar-refractivity contribution is 1.03. The van der Waals surface area contributed by atoms with E-state index >= 15 is 0 Å². The summed E-state index contributed by atoms with van der Waals surface area (Å²) < 4.78 is 2.35. The lowest BCUT2D eigenvalue weighted by atomic mass is 10.00. The van der Waals surface area contributed by atoms with E-state index in [4.69, 9.17) is 15.0 Å². The van der Waals surface area contributed by atoms with E-state index in [1.165, 1.54) is 10.8 Å². The Balaban J connectivity index is 1.20. The van der Waals surface area contributed by atoms with Gasteiger partial charge in [0, 0.05) is 38.7 Å². The highest BCUT2D eigenvalue weighted by Crippen LogP contribution is 2.45. The van der Waals surface area contributed by atoms with E-state index < -0.39 is 0 Å². The third kappa shape index (κ3) is 5.07. The summed E-state index contributed by atoms with van der Waals surface area (Å²) in [6.45, 7) is 0. The van der Waals surface area contributed by atoms with E-state index in [1.807, 2.05) is 48.5 Å². The van der Waals surface area contributed by atoms with Gasteiger partial charge < -0.3 is 4.57 Å². The highest BCUT2D eigenvalue weighted by Gasteiger charge is 2.25. The first-order valence-corrected chi connectivity index (χ1v) is 18.6. The number of nitriles is 1. The summed E-state index contributed by atoms with van der Waals surface area (Å²) in [5.74, 6) is 1.60. The Labute approximate surface area is 322 Å². The molecule has 2 heterocycles. The topological polar surface area (TPSA) is 70.6 Å². The summed E-state index contributed by atoms with van der Waals surface area (Å²) >= 11 is 0. The molecule has 0 spiro atoms. The van der Waals surface area contributed by atoms with E-state index in [2.05, 4.69) is 149 Å². The van der Waals surface area contributed by atoms with Gasteiger partial charge in [-0.15, -0.1) is 0 Å². The predicted molar refractivity (Wildman–Crippen MR) is 228 cm³/mol. The van der Waals surface area contributed by atoms with Crippen molar-refractivity contribution in [3.63, 3.8) is 0 Å². The van der Waals surface area contributed by atoms with Gasteiger partial charge in [0.05, 0.1) is 28.4 Å². The first-order chi connectivity index (χ1) is 27.7. The van der Waals surface area contributed by atoms with Crippen LogP contribution in [0.15, 0.2) is 182 Å². The number of anilines is 3. The number of fused-ring (bicyclic) bond motifs is 2. The molecule has 0 bridgehead atoms. The first-order valence-electron chi connectivity index (χ1n) is 18.6. The molecule has 0 amide bonds. The maximum absolute atomic E-state index is 9.77. The molecule has 6 heteroatoms. The lowest BCUT2D eigenvalue weighted by Crippen LogP contribution is -2.15. The van der Waals surface area contributed by atoms with E-state index in [1.54, 1.807) is 0 Å². The Morgan fingerprint density at radius 1 is 0.464 bits per heavy atom. The van der Waals surface area contributed by atoms with Gasteiger partial charge in [-0.1, -0.05) is 115 Å². The van der Waals surface area contributed by atoms with E-state index in [0.29, 0.717) is 23.2 Å². The van der Waals surface area contributed by atoms with Gasteiger partial charge in [0.25, 0.3) is 0 Å². The molecule has 0 atom stereocenters. The third-order valence-corrected chi connectivity index (χ3v) is 10.8. The third-order valence-electron chi connectivity index (χ3n) is 10.8. The van der Waals surface area contributed by atoms with Crippen LogP contribution in [0.2, 0.25) is 0 Å². The molecule has 0 aliphatic heterocycles. The van der Waals surface area contributed by atoms with Crippen molar-refractivity contribution in [2.75, 3.05) is 4.90 Å². The van der Waals surface area contributed by atoms with Crippen LogP contribution in [-0.4, -0.2) is 19.5 Å². The molecule has 9 aromatic carbocycles. The van der Waals surface area contributed by atoms with Crippen LogP contribution in [-0.2, 0) is 0 Å². The minimum absolute atomic E-state index is 0.470. The van der Waals surface area contributed by atoms with Gasteiger partial charge in [-0.3, -0.25) is 4.90 Å². The minimum atomic E-state index is 0.470. The normalized spacial score (nSPS) is 11.6. The van der Waals surface area contributed by atoms with Gasteiger partial charge in [-0.2, -0.15) is 15.2 Å². The zero-order chi connectivity index (χ0) is 37.2. The molecule has 11 aromatic rings. The van der Waals surface area contributed by atoms with Crippen LogP contribution in [0.5, 0.6) is 0 Å². The molecule has 6 nitrogen and oxygen atoms in total. The number of hydrogen-bond acceptors (Lipinski definition) is 5. The number of para-hydroxylation sites is 1. The van der Waals surface area contributed by atoms with Crippen LogP contribution in [0.4, 0.5) is 17.3 Å². The summed E-state index contributed by atoms with van der Waals surface area (Å²) in [5.41, 5.74) is 7.46. The molecule has 0 unspecified atom stereocenters. The number of benzene rings is 9. The van der Waals surface area contributed by atoms with Crippen LogP contribution in [0, 0.1) is 11.3 Å². The van der Waals surface area contributed by atoms with Crippen LogP contribution in [0.1, 0.15) is 5.56 Å². The second-order valence-electron chi connectivity index (χ2n) is 14.0. The largest absolute Gasteiger partial charge is 0.309 e. The summed E-state index contributed by atoms with van der Waals surface area (Å²) in [4.78, 5) is 17.8. The molecule has 260 valence electrons. The number of hydrogen-bond donors (Lipinski definition) is 0. The summed E-state index contributed by atoms with van der Waals surface area (Å²) in [5, 5.41) is 18.9. The van der Waals surface area contributed by atoms with Gasteiger partial charge in [0.15, 0.2) is 11.6 Å². The van der Waals surface area contributed by atoms with Gasteiger partial charge in [0.1, 0.15) is 0 Å². The Morgan fingerprint density at radius 3 is 1.71 bits per heavy atom. The monoisotopic (exact) mass is 714 g/mol. The second-order valence-corrected chi connectivity index (χ2v) is 14.0. The summed E-state index contributed by atoms with van der Waals surface area (Å²) in [6.07, 6.45) is 0. The highest BCUT2D eigenvalue weighted by atomic mass is 15.3. The average Bonchev–Trinajstić information content (AvgIpc) is 3.61. The molecule has 0 aliphatic carbocycles. The van der Waals surface area contributed by atoms with Gasteiger partial charge in [0.2, 0.25) is 5.95 Å². The molecule has 2 aromatic heterocycles. The Morgan fingerprint density at radius 2 is 1.05 bits per heavy atom. The van der Waals surface area contributed by atoms with Crippen LogP contribution in [0.25, 0.3) is 82.6 Å². The van der Waals surface area contributed by atoms with E-state index in [-0.39, 0.29) is 0 Å². The molecular formula is C50H30N6. The van der Waals surface area contributed by atoms with Gasteiger partial charge in [-0.05, 0) is 93.7 Å². The van der Waals surface area contributed by atoms with Gasteiger partial charge >= 0.3 is 0 Å². The van der Waals surface area contributed by atoms with E-state index in [9.17, 15) is 5.26 Å². The summed E-state index contributed by atoms with van der Waals surface area (Å²) in [7, 11) is 0. The smallest absolute Gasteiger partial charge is 0.238 e. The van der Waals surface area contributed by atoms with Crippen molar-refractivity contribution in [2.45, 2.75) is 0 Å². The molecule has 0 saturated heterocycles. The van der Waals surface area contributed by atoms with Crippen LogP contribution < -0.4 is 4.90 Å². The SMILES string of the molecule is N#Cc1ccc(N(c2nc(-c3ccc4ccccc4c3)nc(-c3ccc4ccccc4c3)n2)c2ccc3c4c2ccc2cccc(c24)n3-c2ccccc2)cc1. The van der Waals surface area contributed by atoms with Crippen molar-refractivity contribution in [3.8, 4) is 34.5 Å². The molecule has 11 rings (SSSR count). The van der Waals surface area contributed by atoms with Crippen LogP contribution in [0.3, 0.4) is 0 Å². The number of aromatic nitrogens is 4. The molecule has 56 heavy (non-hydrogen) atoms. The molecule has 0 N–H and O–H groups in total. The van der Waals surface area contributed by atoms with Crippen molar-refractivity contribution in [2.24, 2.45) is 0 Å². The fourth-order valence-electron chi connectivity index (χ4n) is 8.15. The summed E-state index contributed by atoms with van der Waals surface area (Å²) in [6, 6.07) is 65.0. The first kappa shape index (κ1) is 31.6. The minimum Gasteiger partial charge on any atom is -0.309 e. The fourth-order valence-corrected chi connectivity index (χ4v) is 8.15. The maximum atomic E-state index is 9.77. The molecular weight excluding hydrogens is 685 g/mol. The zero-order valence-electron chi connectivity index (χ0n) is 30.0. The van der Waals surface area contributed by atoms with Crippen molar-refractivity contribution in [1.29, 1.82) is 5.26 Å². The van der Waals surface area contributed by atoms with Gasteiger partial charge in [-0.25, -0.2) is 4.98 Å². The van der Waals surface area contributed by atoms with Crippen molar-refractivity contribution in [3.05, 3.63) is 188 Å². The number of nitrogens with zero attached hydrogens (tertiary/aromatic N) is 6. The Hall–Kier alpha value is -7.88. The zero-order valence-corrected chi connectivity index (χ0v) is 30.0. The number of rotatable bonds is 6. The maximum Gasteiger partial charge on any atom is 0.238 e. The predicted octanol–water partition coefficient (Wildman–Crippen LogP) is 12.5. The second kappa shape index (κ2) is 12.6. The average molecular weight is 715 g/mol. The fraction of sp³-hybridized carbons (Fsp3) is 0. The standard InChI is InChI=1S/C50H30N6/c51-31-32-17-24-41(25-18-32)56(43-27-28-45-47-42(43)26-23-35-13-8-16-44(46(35)47)55(45)40-14-2-1-3-15-40)50-53-48(38-21-19-33-9-4-6-11-36(33)29-38)52-49(54-50)39-22-20-34-10-5-7-12-37(34)30-39/h1-30H. The highest BCUT2D eigenvalue weighted by molar-refractivity contribution is 6.26. The molecule has 0 saturated carbocycles. The quantitative estimate of drug-likeness (QED) is 0.160. The van der Waals surface area contributed by atoms with Crippen molar-refractivity contribution in [1.82, 2.24) is 19.5 Å². The van der Waals surface area contributed by atoms with Crippen molar-refractivity contribution < 1.29 is 0 Å². The van der Waals surface area contributed by atoms with E-state index in [0.717, 1.165) is 71.5 Å². The molecule has 0 radical (unpaired) electrons. The Bertz CT molecular complexity index is 3230. The molecule has 0 aliphatic rings. The van der Waals surface area contributed by atoms with Crippen molar-refractivity contribution >= 4 is 71.4 Å².